The highest BCUT2D eigenvalue weighted by Gasteiger charge is 2.16. The molecule has 0 aliphatic heterocycles. The van der Waals surface area contributed by atoms with Gasteiger partial charge in [-0.2, -0.15) is 0 Å². The van der Waals surface area contributed by atoms with Crippen LogP contribution in [0.15, 0.2) is 42.5 Å². The van der Waals surface area contributed by atoms with E-state index in [1.54, 1.807) is 7.11 Å². The molecule has 0 fully saturated rings. The second-order valence-corrected chi connectivity index (χ2v) is 6.51. The third-order valence-electron chi connectivity index (χ3n) is 3.37. The smallest absolute Gasteiger partial charge is 0.123 e. The number of hydrogen-bond acceptors (Lipinski definition) is 2. The van der Waals surface area contributed by atoms with Crippen LogP contribution in [0.3, 0.4) is 0 Å². The fourth-order valence-electron chi connectivity index (χ4n) is 2.37. The predicted molar refractivity (Wildman–Crippen MR) is 97.3 cm³/mol. The van der Waals surface area contributed by atoms with Gasteiger partial charge in [-0.05, 0) is 71.5 Å². The van der Waals surface area contributed by atoms with E-state index < -0.39 is 0 Å². The Morgan fingerprint density at radius 3 is 2.52 bits per heavy atom. The van der Waals surface area contributed by atoms with E-state index >= 15 is 0 Å². The lowest BCUT2D eigenvalue weighted by atomic mass is 9.98. The zero-order valence-corrected chi connectivity index (χ0v) is 15.1. The Hall–Kier alpha value is -0.780. The number of methoxy groups -OCH3 is 1. The van der Waals surface area contributed by atoms with Crippen LogP contribution in [0.1, 0.15) is 24.1 Å². The van der Waals surface area contributed by atoms with Crippen LogP contribution in [0, 0.1) is 3.57 Å². The summed E-state index contributed by atoms with van der Waals surface area (Å²) in [6.07, 6.45) is 0.904. The normalized spacial score (nSPS) is 12.2. The van der Waals surface area contributed by atoms with Crippen molar-refractivity contribution in [3.05, 3.63) is 62.2 Å². The number of halogens is 2. The van der Waals surface area contributed by atoms with Crippen molar-refractivity contribution in [1.82, 2.24) is 5.32 Å². The first-order chi connectivity index (χ1) is 10.1. The molecule has 0 saturated heterocycles. The molecule has 2 rings (SSSR count). The largest absolute Gasteiger partial charge is 0.496 e. The number of benzene rings is 2. The lowest BCUT2D eigenvalue weighted by Crippen LogP contribution is -2.23. The summed E-state index contributed by atoms with van der Waals surface area (Å²) in [4.78, 5) is 0. The summed E-state index contributed by atoms with van der Waals surface area (Å²) in [5.41, 5.74) is 2.40. The van der Waals surface area contributed by atoms with Gasteiger partial charge < -0.3 is 10.1 Å². The maximum atomic E-state index is 6.16. The molecule has 0 aliphatic carbocycles. The molecule has 2 aromatic carbocycles. The molecule has 112 valence electrons. The van der Waals surface area contributed by atoms with Gasteiger partial charge in [0.2, 0.25) is 0 Å². The summed E-state index contributed by atoms with van der Waals surface area (Å²) in [6, 6.07) is 14.6. The summed E-state index contributed by atoms with van der Waals surface area (Å²) < 4.78 is 6.73. The number of nitrogens with one attached hydrogen (secondary N) is 1. The van der Waals surface area contributed by atoms with Crippen molar-refractivity contribution in [2.24, 2.45) is 0 Å². The monoisotopic (exact) mass is 415 g/mol. The van der Waals surface area contributed by atoms with Crippen LogP contribution < -0.4 is 10.1 Å². The predicted octanol–water partition coefficient (Wildman–Crippen LogP) is 4.85. The summed E-state index contributed by atoms with van der Waals surface area (Å²) in [5, 5.41) is 4.26. The molecule has 0 amide bonds. The van der Waals surface area contributed by atoms with E-state index in [2.05, 4.69) is 59.1 Å². The topological polar surface area (TPSA) is 21.3 Å². The molecule has 0 aliphatic rings. The first kappa shape index (κ1) is 16.6. The molecule has 2 nitrogen and oxygen atoms in total. The molecular formula is C17H19ClINO. The van der Waals surface area contributed by atoms with Crippen molar-refractivity contribution in [2.75, 3.05) is 13.7 Å². The molecule has 0 bridgehead atoms. The second-order valence-electron chi connectivity index (χ2n) is 4.83. The molecular weight excluding hydrogens is 397 g/mol. The number of rotatable bonds is 6. The van der Waals surface area contributed by atoms with Gasteiger partial charge in [0, 0.05) is 20.2 Å². The van der Waals surface area contributed by atoms with E-state index in [4.69, 9.17) is 16.3 Å². The minimum atomic E-state index is 0.184. The number of likely N-dealkylation sites (N-methyl/N-ethyl adjacent to an activating group) is 1. The average Bonchev–Trinajstić information content (AvgIpc) is 2.49. The first-order valence-corrected chi connectivity index (χ1v) is 8.41. The molecule has 0 saturated carbocycles. The van der Waals surface area contributed by atoms with Gasteiger partial charge in [0.15, 0.2) is 0 Å². The Morgan fingerprint density at radius 1 is 1.19 bits per heavy atom. The molecule has 0 spiro atoms. The summed E-state index contributed by atoms with van der Waals surface area (Å²) in [5.74, 6) is 0.871. The van der Waals surface area contributed by atoms with Crippen molar-refractivity contribution in [1.29, 1.82) is 0 Å². The van der Waals surface area contributed by atoms with Crippen molar-refractivity contribution in [3.63, 3.8) is 0 Å². The Bertz CT molecular complexity index is 586. The fourth-order valence-corrected chi connectivity index (χ4v) is 2.91. The summed E-state index contributed by atoms with van der Waals surface area (Å²) in [7, 11) is 1.70. The van der Waals surface area contributed by atoms with Crippen LogP contribution in [0.25, 0.3) is 0 Å². The van der Waals surface area contributed by atoms with Crippen LogP contribution >= 0.6 is 34.2 Å². The molecule has 0 heterocycles. The standard InChI is InChI=1S/C17H19ClINO/c1-3-20-16(10-12-4-7-14(19)8-5-12)15-11-13(18)6-9-17(15)21-2/h4-9,11,16,20H,3,10H2,1-2H3. The van der Waals surface area contributed by atoms with Crippen LogP contribution in [-0.4, -0.2) is 13.7 Å². The number of ether oxygens (including phenoxy) is 1. The summed E-state index contributed by atoms with van der Waals surface area (Å²) >= 11 is 8.48. The van der Waals surface area contributed by atoms with Gasteiger partial charge >= 0.3 is 0 Å². The third-order valence-corrected chi connectivity index (χ3v) is 4.33. The van der Waals surface area contributed by atoms with Crippen molar-refractivity contribution in [3.8, 4) is 5.75 Å². The van der Waals surface area contributed by atoms with Crippen LogP contribution in [0.4, 0.5) is 0 Å². The van der Waals surface area contributed by atoms with Crippen LogP contribution in [-0.2, 0) is 6.42 Å². The Kier molecular flexibility index (Phi) is 6.33. The van der Waals surface area contributed by atoms with Gasteiger partial charge in [-0.1, -0.05) is 30.7 Å². The zero-order valence-electron chi connectivity index (χ0n) is 12.2. The minimum absolute atomic E-state index is 0.184. The van der Waals surface area contributed by atoms with E-state index in [1.807, 2.05) is 18.2 Å². The van der Waals surface area contributed by atoms with Gasteiger partial charge in [0.05, 0.1) is 7.11 Å². The molecule has 0 radical (unpaired) electrons. The van der Waals surface area contributed by atoms with E-state index in [-0.39, 0.29) is 6.04 Å². The van der Waals surface area contributed by atoms with Crippen LogP contribution in [0.5, 0.6) is 5.75 Å². The van der Waals surface area contributed by atoms with Gasteiger partial charge in [0.25, 0.3) is 0 Å². The third kappa shape index (κ3) is 4.59. The van der Waals surface area contributed by atoms with Gasteiger partial charge in [-0.3, -0.25) is 0 Å². The Balaban J connectivity index is 2.30. The van der Waals surface area contributed by atoms with Gasteiger partial charge in [0.1, 0.15) is 5.75 Å². The maximum Gasteiger partial charge on any atom is 0.123 e. The van der Waals surface area contributed by atoms with Gasteiger partial charge in [-0.15, -0.1) is 0 Å². The van der Waals surface area contributed by atoms with E-state index in [1.165, 1.54) is 9.13 Å². The number of hydrogen-bond donors (Lipinski definition) is 1. The van der Waals surface area contributed by atoms with Crippen molar-refractivity contribution >= 4 is 34.2 Å². The van der Waals surface area contributed by atoms with E-state index in [9.17, 15) is 0 Å². The van der Waals surface area contributed by atoms with Gasteiger partial charge in [-0.25, -0.2) is 0 Å². The van der Waals surface area contributed by atoms with E-state index in [0.29, 0.717) is 0 Å². The SMILES string of the molecule is CCNC(Cc1ccc(I)cc1)c1cc(Cl)ccc1OC. The van der Waals surface area contributed by atoms with Crippen LogP contribution in [0.2, 0.25) is 5.02 Å². The minimum Gasteiger partial charge on any atom is -0.496 e. The molecule has 1 atom stereocenters. The van der Waals surface area contributed by atoms with E-state index in [0.717, 1.165) is 29.3 Å². The highest BCUT2D eigenvalue weighted by molar-refractivity contribution is 14.1. The molecule has 0 aromatic heterocycles. The second kappa shape index (κ2) is 8.01. The fraction of sp³-hybridized carbons (Fsp3) is 0.294. The quantitative estimate of drug-likeness (QED) is 0.681. The lowest BCUT2D eigenvalue weighted by Gasteiger charge is -2.21. The highest BCUT2D eigenvalue weighted by atomic mass is 127. The maximum absolute atomic E-state index is 6.16. The molecule has 1 unspecified atom stereocenters. The zero-order chi connectivity index (χ0) is 15.2. The molecule has 1 N–H and O–H groups in total. The Morgan fingerprint density at radius 2 is 1.90 bits per heavy atom. The Labute approximate surface area is 145 Å². The molecule has 2 aromatic rings. The summed E-state index contributed by atoms with van der Waals surface area (Å²) in [6.45, 7) is 3.00. The average molecular weight is 416 g/mol. The first-order valence-electron chi connectivity index (χ1n) is 6.95. The lowest BCUT2D eigenvalue weighted by molar-refractivity contribution is 0.399. The molecule has 4 heteroatoms. The highest BCUT2D eigenvalue weighted by Crippen LogP contribution is 2.30. The van der Waals surface area contributed by atoms with Crippen molar-refractivity contribution in [2.45, 2.75) is 19.4 Å². The molecule has 21 heavy (non-hydrogen) atoms. The van der Waals surface area contributed by atoms with Crippen molar-refractivity contribution < 1.29 is 4.74 Å².